The van der Waals surface area contributed by atoms with Crippen LogP contribution in [0.4, 0.5) is 0 Å². The maximum Gasteiger partial charge on any atom is 0.265 e. The van der Waals surface area contributed by atoms with Gasteiger partial charge in [0.15, 0.2) is 11.5 Å². The minimum absolute atomic E-state index is 0.201. The molecule has 2 atom stereocenters. The third kappa shape index (κ3) is 2.86. The predicted octanol–water partition coefficient (Wildman–Crippen LogP) is 2.61. The first-order valence-corrected chi connectivity index (χ1v) is 6.88. The van der Waals surface area contributed by atoms with Crippen LogP contribution in [0.5, 0.6) is 11.5 Å². The lowest BCUT2D eigenvalue weighted by molar-refractivity contribution is -0.131. The number of carbonyl (C=O) groups is 1. The molecule has 1 aromatic heterocycles. The fourth-order valence-corrected chi connectivity index (χ4v) is 2.21. The largest absolute Gasteiger partial charge is 0.485 e. The van der Waals surface area contributed by atoms with Gasteiger partial charge in [-0.25, -0.2) is 0 Å². The standard InChI is InChI=1S/C16H17NO4/c1-10-7-8-12(20-10)11(2)17-16(18)15-9-19-13-5-3-4-6-14(13)21-15/h3-8,11,15H,9H2,1-2H3,(H,17,18)/t11-,15+/m0/s1. The Morgan fingerprint density at radius 1 is 1.24 bits per heavy atom. The lowest BCUT2D eigenvalue weighted by Gasteiger charge is -2.26. The van der Waals surface area contributed by atoms with Gasteiger partial charge in [-0.1, -0.05) is 12.1 Å². The number of aryl methyl sites for hydroxylation is 1. The molecule has 0 unspecified atom stereocenters. The van der Waals surface area contributed by atoms with Crippen molar-refractivity contribution in [2.24, 2.45) is 0 Å². The number of amides is 1. The molecular formula is C16H17NO4. The smallest absolute Gasteiger partial charge is 0.265 e. The Bertz CT molecular complexity index is 649. The minimum atomic E-state index is -0.654. The summed E-state index contributed by atoms with van der Waals surface area (Å²) in [5.74, 6) is 2.57. The summed E-state index contributed by atoms with van der Waals surface area (Å²) in [7, 11) is 0. The van der Waals surface area contributed by atoms with E-state index in [-0.39, 0.29) is 18.6 Å². The summed E-state index contributed by atoms with van der Waals surface area (Å²) < 4.78 is 16.7. The highest BCUT2D eigenvalue weighted by atomic mass is 16.6. The summed E-state index contributed by atoms with van der Waals surface area (Å²) in [6.07, 6.45) is -0.654. The van der Waals surface area contributed by atoms with E-state index in [2.05, 4.69) is 5.32 Å². The lowest BCUT2D eigenvalue weighted by Crippen LogP contribution is -2.44. The van der Waals surface area contributed by atoms with Gasteiger partial charge < -0.3 is 19.2 Å². The molecule has 1 N–H and O–H groups in total. The van der Waals surface area contributed by atoms with Gasteiger partial charge in [0.05, 0.1) is 6.04 Å². The normalized spacial score (nSPS) is 18.1. The van der Waals surface area contributed by atoms with Crippen molar-refractivity contribution in [3.8, 4) is 11.5 Å². The zero-order valence-electron chi connectivity index (χ0n) is 12.0. The maximum atomic E-state index is 12.2. The molecule has 21 heavy (non-hydrogen) atoms. The van der Waals surface area contributed by atoms with Crippen molar-refractivity contribution in [1.29, 1.82) is 0 Å². The first-order chi connectivity index (χ1) is 10.1. The van der Waals surface area contributed by atoms with E-state index in [4.69, 9.17) is 13.9 Å². The second kappa shape index (κ2) is 5.52. The zero-order chi connectivity index (χ0) is 14.8. The average molecular weight is 287 g/mol. The molecule has 110 valence electrons. The van der Waals surface area contributed by atoms with Crippen molar-refractivity contribution in [3.63, 3.8) is 0 Å². The number of hydrogen-bond donors (Lipinski definition) is 1. The van der Waals surface area contributed by atoms with Crippen LogP contribution in [0.1, 0.15) is 24.5 Å². The van der Waals surface area contributed by atoms with E-state index in [9.17, 15) is 4.79 Å². The van der Waals surface area contributed by atoms with Gasteiger partial charge in [-0.15, -0.1) is 0 Å². The molecule has 1 aliphatic rings. The number of para-hydroxylation sites is 2. The van der Waals surface area contributed by atoms with E-state index in [0.717, 1.165) is 11.5 Å². The molecule has 2 aromatic rings. The molecule has 3 rings (SSSR count). The fourth-order valence-electron chi connectivity index (χ4n) is 2.21. The molecule has 0 fully saturated rings. The monoisotopic (exact) mass is 287 g/mol. The van der Waals surface area contributed by atoms with Gasteiger partial charge in [0.25, 0.3) is 5.91 Å². The number of hydrogen-bond acceptors (Lipinski definition) is 4. The van der Waals surface area contributed by atoms with Crippen LogP contribution < -0.4 is 14.8 Å². The topological polar surface area (TPSA) is 60.7 Å². The van der Waals surface area contributed by atoms with E-state index < -0.39 is 6.10 Å². The molecule has 1 aliphatic heterocycles. The predicted molar refractivity (Wildman–Crippen MR) is 76.4 cm³/mol. The fraction of sp³-hybridized carbons (Fsp3) is 0.312. The molecule has 0 bridgehead atoms. The number of nitrogens with one attached hydrogen (secondary N) is 1. The molecule has 0 saturated carbocycles. The highest BCUT2D eigenvalue weighted by Gasteiger charge is 2.28. The van der Waals surface area contributed by atoms with Gasteiger partial charge in [0.2, 0.25) is 6.10 Å². The van der Waals surface area contributed by atoms with E-state index in [1.165, 1.54) is 0 Å². The molecule has 2 heterocycles. The Morgan fingerprint density at radius 3 is 2.71 bits per heavy atom. The molecule has 0 radical (unpaired) electrons. The van der Waals surface area contributed by atoms with Crippen LogP contribution in [0.2, 0.25) is 0 Å². The zero-order valence-corrected chi connectivity index (χ0v) is 12.0. The number of ether oxygens (including phenoxy) is 2. The van der Waals surface area contributed by atoms with Crippen LogP contribution >= 0.6 is 0 Å². The molecule has 0 saturated heterocycles. The van der Waals surface area contributed by atoms with E-state index in [1.54, 1.807) is 6.07 Å². The van der Waals surface area contributed by atoms with Gasteiger partial charge in [-0.3, -0.25) is 4.79 Å². The number of furan rings is 1. The van der Waals surface area contributed by atoms with Crippen LogP contribution in [0.15, 0.2) is 40.8 Å². The molecular weight excluding hydrogens is 270 g/mol. The van der Waals surface area contributed by atoms with Crippen molar-refractivity contribution >= 4 is 5.91 Å². The lowest BCUT2D eigenvalue weighted by atomic mass is 10.2. The maximum absolute atomic E-state index is 12.2. The van der Waals surface area contributed by atoms with Crippen molar-refractivity contribution in [2.75, 3.05) is 6.61 Å². The Morgan fingerprint density at radius 2 is 2.00 bits per heavy atom. The molecule has 5 heteroatoms. The van der Waals surface area contributed by atoms with Crippen molar-refractivity contribution in [3.05, 3.63) is 47.9 Å². The summed E-state index contributed by atoms with van der Waals surface area (Å²) in [6.45, 7) is 3.94. The third-order valence-electron chi connectivity index (χ3n) is 3.35. The van der Waals surface area contributed by atoms with Crippen LogP contribution in [-0.4, -0.2) is 18.6 Å². The quantitative estimate of drug-likeness (QED) is 0.942. The summed E-state index contributed by atoms with van der Waals surface area (Å²) >= 11 is 0. The molecule has 0 spiro atoms. The number of fused-ring (bicyclic) bond motifs is 1. The molecule has 5 nitrogen and oxygen atoms in total. The summed E-state index contributed by atoms with van der Waals surface area (Å²) in [4.78, 5) is 12.2. The van der Waals surface area contributed by atoms with Crippen LogP contribution in [0.25, 0.3) is 0 Å². The molecule has 1 aromatic carbocycles. The van der Waals surface area contributed by atoms with Crippen LogP contribution in [0.3, 0.4) is 0 Å². The van der Waals surface area contributed by atoms with Gasteiger partial charge in [0, 0.05) is 0 Å². The van der Waals surface area contributed by atoms with Crippen molar-refractivity contribution in [2.45, 2.75) is 26.0 Å². The molecule has 0 aliphatic carbocycles. The van der Waals surface area contributed by atoms with Crippen molar-refractivity contribution < 1.29 is 18.7 Å². The highest BCUT2D eigenvalue weighted by Crippen LogP contribution is 2.31. The van der Waals surface area contributed by atoms with E-state index in [0.29, 0.717) is 11.5 Å². The van der Waals surface area contributed by atoms with E-state index >= 15 is 0 Å². The average Bonchev–Trinajstić information content (AvgIpc) is 2.93. The van der Waals surface area contributed by atoms with Crippen LogP contribution in [0, 0.1) is 6.92 Å². The molecule has 1 amide bonds. The Balaban J connectivity index is 1.64. The Labute approximate surface area is 122 Å². The highest BCUT2D eigenvalue weighted by molar-refractivity contribution is 5.82. The Hall–Kier alpha value is -2.43. The van der Waals surface area contributed by atoms with Gasteiger partial charge in [-0.2, -0.15) is 0 Å². The summed E-state index contributed by atoms with van der Waals surface area (Å²) in [5.41, 5.74) is 0. The first kappa shape index (κ1) is 13.5. The van der Waals surface area contributed by atoms with Crippen LogP contribution in [-0.2, 0) is 4.79 Å². The Kier molecular flexibility index (Phi) is 3.56. The third-order valence-corrected chi connectivity index (χ3v) is 3.35. The second-order valence-corrected chi connectivity index (χ2v) is 5.04. The second-order valence-electron chi connectivity index (χ2n) is 5.04. The number of benzene rings is 1. The summed E-state index contributed by atoms with van der Waals surface area (Å²) in [5, 5.41) is 2.87. The van der Waals surface area contributed by atoms with Crippen molar-refractivity contribution in [1.82, 2.24) is 5.32 Å². The van der Waals surface area contributed by atoms with Gasteiger partial charge >= 0.3 is 0 Å². The SMILES string of the molecule is Cc1ccc([C@H](C)NC(=O)[C@H]2COc3ccccc3O2)o1. The minimum Gasteiger partial charge on any atom is -0.485 e. The van der Waals surface area contributed by atoms with Gasteiger partial charge in [0.1, 0.15) is 18.1 Å². The van der Waals surface area contributed by atoms with Gasteiger partial charge in [-0.05, 0) is 38.1 Å². The van der Waals surface area contributed by atoms with E-state index in [1.807, 2.05) is 44.2 Å². The summed E-state index contributed by atoms with van der Waals surface area (Å²) in [6, 6.07) is 10.8. The number of carbonyl (C=O) groups excluding carboxylic acids is 1. The first-order valence-electron chi connectivity index (χ1n) is 6.88. The number of rotatable bonds is 3.